The summed E-state index contributed by atoms with van der Waals surface area (Å²) in [5.74, 6) is -1.31. The van der Waals surface area contributed by atoms with Gasteiger partial charge < -0.3 is 0 Å². The fourth-order valence-electron chi connectivity index (χ4n) is 4.29. The minimum Gasteiger partial charge on any atom is -0.273 e. The van der Waals surface area contributed by atoms with Crippen molar-refractivity contribution in [1.82, 2.24) is 0 Å². The normalized spacial score (nSPS) is 23.2. The van der Waals surface area contributed by atoms with Gasteiger partial charge in [0.25, 0.3) is 5.91 Å². The number of para-hydroxylation sites is 1. The minimum absolute atomic E-state index is 0.280. The molecule has 2 heterocycles. The average Bonchev–Trinajstić information content (AvgIpc) is 3.25. The Bertz CT molecular complexity index is 1130. The van der Waals surface area contributed by atoms with Crippen LogP contribution in [0.3, 0.4) is 0 Å². The molecule has 3 atom stereocenters. The van der Waals surface area contributed by atoms with E-state index in [0.29, 0.717) is 10.7 Å². The minimum atomic E-state index is -0.888. The zero-order chi connectivity index (χ0) is 20.8. The molecule has 0 spiro atoms. The third-order valence-corrected chi connectivity index (χ3v) is 5.91. The van der Waals surface area contributed by atoms with Gasteiger partial charge in [-0.15, -0.1) is 0 Å². The van der Waals surface area contributed by atoms with Gasteiger partial charge in [-0.1, -0.05) is 66.2 Å². The topological polar surface area (TPSA) is 49.9 Å². The fraction of sp³-hybridized carbons (Fsp3) is 0.167. The summed E-state index contributed by atoms with van der Waals surface area (Å²) >= 11 is 6.10. The van der Waals surface area contributed by atoms with Crippen LogP contribution in [0.2, 0.25) is 5.02 Å². The number of nitrogens with zero attached hydrogens (tertiary/aromatic N) is 2. The number of hydrogen-bond acceptors (Lipinski definition) is 4. The molecule has 3 aromatic rings. The van der Waals surface area contributed by atoms with Gasteiger partial charge in [0.05, 0.1) is 17.4 Å². The zero-order valence-corrected chi connectivity index (χ0v) is 17.0. The maximum absolute atomic E-state index is 13.5. The molecular weight excluding hydrogens is 400 g/mol. The van der Waals surface area contributed by atoms with Gasteiger partial charge in [0.15, 0.2) is 6.10 Å². The van der Waals surface area contributed by atoms with Crippen LogP contribution in [0, 0.1) is 12.8 Å². The largest absolute Gasteiger partial charge is 0.273 e. The zero-order valence-electron chi connectivity index (χ0n) is 16.2. The molecule has 5 nitrogen and oxygen atoms in total. The molecule has 5 rings (SSSR count). The van der Waals surface area contributed by atoms with Gasteiger partial charge in [0.2, 0.25) is 5.91 Å². The molecule has 0 aromatic heterocycles. The number of anilines is 2. The van der Waals surface area contributed by atoms with E-state index in [1.807, 2.05) is 61.5 Å². The maximum Gasteiger partial charge on any atom is 0.266 e. The van der Waals surface area contributed by atoms with E-state index in [2.05, 4.69) is 0 Å². The van der Waals surface area contributed by atoms with Gasteiger partial charge in [-0.05, 0) is 42.3 Å². The lowest BCUT2D eigenvalue weighted by Gasteiger charge is -2.29. The summed E-state index contributed by atoms with van der Waals surface area (Å²) in [6.07, 6.45) is -0.888. The third kappa shape index (κ3) is 2.90. The number of rotatable bonds is 3. The first-order valence-electron chi connectivity index (χ1n) is 9.76. The van der Waals surface area contributed by atoms with Crippen LogP contribution in [0.5, 0.6) is 0 Å². The number of aryl methyl sites for hydroxylation is 1. The number of benzene rings is 3. The van der Waals surface area contributed by atoms with Crippen LogP contribution in [0.1, 0.15) is 17.2 Å². The highest BCUT2D eigenvalue weighted by molar-refractivity contribution is 6.31. The number of hydrogen-bond donors (Lipinski definition) is 0. The van der Waals surface area contributed by atoms with Crippen molar-refractivity contribution in [1.29, 1.82) is 0 Å². The lowest BCUT2D eigenvalue weighted by atomic mass is 9.90. The Balaban J connectivity index is 1.60. The Morgan fingerprint density at radius 1 is 0.867 bits per heavy atom. The van der Waals surface area contributed by atoms with Crippen molar-refractivity contribution in [2.45, 2.75) is 19.1 Å². The number of amides is 2. The number of carbonyl (C=O) groups excluding carboxylic acids is 2. The summed E-state index contributed by atoms with van der Waals surface area (Å²) < 4.78 is 0. The van der Waals surface area contributed by atoms with Crippen molar-refractivity contribution in [2.75, 3.05) is 9.96 Å². The number of imide groups is 1. The second-order valence-electron chi connectivity index (χ2n) is 7.51. The summed E-state index contributed by atoms with van der Waals surface area (Å²) in [7, 11) is 0. The Morgan fingerprint density at radius 3 is 2.33 bits per heavy atom. The van der Waals surface area contributed by atoms with E-state index in [0.717, 1.165) is 16.8 Å². The van der Waals surface area contributed by atoms with E-state index in [1.165, 1.54) is 4.90 Å². The predicted octanol–water partition coefficient (Wildman–Crippen LogP) is 4.70. The number of fused-ring (bicyclic) bond motifs is 1. The van der Waals surface area contributed by atoms with Crippen molar-refractivity contribution >= 4 is 34.8 Å². The molecule has 0 aliphatic carbocycles. The smallest absolute Gasteiger partial charge is 0.266 e. The fourth-order valence-corrected chi connectivity index (χ4v) is 4.48. The third-order valence-electron chi connectivity index (χ3n) is 5.68. The Hall–Kier alpha value is -3.15. The summed E-state index contributed by atoms with van der Waals surface area (Å²) in [5, 5.41) is 2.19. The van der Waals surface area contributed by atoms with E-state index in [4.69, 9.17) is 16.4 Å². The number of halogens is 1. The first kappa shape index (κ1) is 18.9. The van der Waals surface area contributed by atoms with Crippen molar-refractivity contribution in [3.63, 3.8) is 0 Å². The highest BCUT2D eigenvalue weighted by atomic mass is 35.5. The lowest BCUT2D eigenvalue weighted by Crippen LogP contribution is -2.37. The second kappa shape index (κ2) is 7.27. The molecule has 150 valence electrons. The second-order valence-corrected chi connectivity index (χ2v) is 7.95. The molecule has 6 heteroatoms. The average molecular weight is 419 g/mol. The lowest BCUT2D eigenvalue weighted by molar-refractivity contribution is -0.126. The van der Waals surface area contributed by atoms with Crippen LogP contribution < -0.4 is 9.96 Å². The maximum atomic E-state index is 13.5. The Morgan fingerprint density at radius 2 is 1.60 bits per heavy atom. The van der Waals surface area contributed by atoms with Gasteiger partial charge in [-0.3, -0.25) is 14.4 Å². The van der Waals surface area contributed by atoms with Gasteiger partial charge in [-0.25, -0.2) is 9.96 Å². The molecule has 2 amide bonds. The Labute approximate surface area is 179 Å². The first-order chi connectivity index (χ1) is 14.6. The molecule has 3 unspecified atom stereocenters. The quantitative estimate of drug-likeness (QED) is 0.578. The van der Waals surface area contributed by atoms with Crippen molar-refractivity contribution in [2.24, 2.45) is 5.92 Å². The predicted molar refractivity (Wildman–Crippen MR) is 115 cm³/mol. The number of carbonyl (C=O) groups is 2. The molecule has 30 heavy (non-hydrogen) atoms. The van der Waals surface area contributed by atoms with E-state index in [9.17, 15) is 9.59 Å². The highest BCUT2D eigenvalue weighted by Crippen LogP contribution is 2.48. The van der Waals surface area contributed by atoms with Crippen LogP contribution in [0.4, 0.5) is 11.4 Å². The monoisotopic (exact) mass is 418 g/mol. The first-order valence-corrected chi connectivity index (χ1v) is 10.1. The molecule has 2 fully saturated rings. The molecule has 0 saturated carbocycles. The van der Waals surface area contributed by atoms with Crippen molar-refractivity contribution in [3.05, 3.63) is 95.0 Å². The summed E-state index contributed by atoms with van der Waals surface area (Å²) in [5.41, 5.74) is 3.23. The van der Waals surface area contributed by atoms with Gasteiger partial charge in [-0.2, -0.15) is 0 Å². The van der Waals surface area contributed by atoms with Gasteiger partial charge >= 0.3 is 0 Å². The molecule has 2 aliphatic rings. The summed E-state index contributed by atoms with van der Waals surface area (Å²) in [6, 6.07) is 23.8. The summed E-state index contributed by atoms with van der Waals surface area (Å²) in [4.78, 5) is 34.1. The van der Waals surface area contributed by atoms with E-state index >= 15 is 0 Å². The molecular formula is C24H19ClN2O3. The van der Waals surface area contributed by atoms with Gasteiger partial charge in [0, 0.05) is 5.02 Å². The van der Waals surface area contributed by atoms with E-state index in [-0.39, 0.29) is 11.8 Å². The van der Waals surface area contributed by atoms with Crippen LogP contribution in [0.25, 0.3) is 0 Å². The Kier molecular flexibility index (Phi) is 4.57. The van der Waals surface area contributed by atoms with Crippen molar-refractivity contribution in [3.8, 4) is 0 Å². The molecule has 0 radical (unpaired) electrons. The molecule has 0 N–H and O–H groups in total. The molecule has 2 saturated heterocycles. The molecule has 2 aliphatic heterocycles. The SMILES string of the molecule is Cc1ccccc1N1OC2C(=O)N(c3cccc(Cl)c3)C(=O)C2C1c1ccccc1. The van der Waals surface area contributed by atoms with Crippen LogP contribution >= 0.6 is 11.6 Å². The van der Waals surface area contributed by atoms with Gasteiger partial charge in [0.1, 0.15) is 5.92 Å². The highest BCUT2D eigenvalue weighted by Gasteiger charge is 2.60. The summed E-state index contributed by atoms with van der Waals surface area (Å²) in [6.45, 7) is 1.98. The standard InChI is InChI=1S/C24H19ClN2O3/c1-15-8-5-6-13-19(15)27-21(16-9-3-2-4-10-16)20-22(30-27)24(29)26(23(20)28)18-12-7-11-17(25)14-18/h2-14,20-22H,1H3. The van der Waals surface area contributed by atoms with Crippen molar-refractivity contribution < 1.29 is 14.4 Å². The molecule has 3 aromatic carbocycles. The molecule has 0 bridgehead atoms. The van der Waals surface area contributed by atoms with E-state index < -0.39 is 18.1 Å². The van der Waals surface area contributed by atoms with Crippen LogP contribution in [0.15, 0.2) is 78.9 Å². The number of hydroxylamine groups is 1. The van der Waals surface area contributed by atoms with Crippen LogP contribution in [-0.4, -0.2) is 17.9 Å². The van der Waals surface area contributed by atoms with E-state index in [1.54, 1.807) is 29.3 Å². The van der Waals surface area contributed by atoms with Crippen LogP contribution in [-0.2, 0) is 14.4 Å².